The van der Waals surface area contributed by atoms with Crippen LogP contribution < -0.4 is 0 Å². The minimum absolute atomic E-state index is 0.819. The average molecular weight is 240 g/mol. The molecular formula is C7H13IO. The monoisotopic (exact) mass is 240 g/mol. The van der Waals surface area contributed by atoms with Crippen LogP contribution in [-0.4, -0.2) is 17.6 Å². The van der Waals surface area contributed by atoms with Gasteiger partial charge in [-0.25, -0.2) is 0 Å². The van der Waals surface area contributed by atoms with Gasteiger partial charge in [0.25, 0.3) is 0 Å². The van der Waals surface area contributed by atoms with Gasteiger partial charge in [-0.2, -0.15) is 0 Å². The lowest BCUT2D eigenvalue weighted by Crippen LogP contribution is -2.26. The Morgan fingerprint density at radius 3 is 2.89 bits per heavy atom. The van der Waals surface area contributed by atoms with E-state index < -0.39 is 0 Å². The van der Waals surface area contributed by atoms with Gasteiger partial charge in [-0.3, -0.25) is 0 Å². The third kappa shape index (κ3) is 2.08. The average Bonchev–Trinajstić information content (AvgIpc) is 1.89. The summed E-state index contributed by atoms with van der Waals surface area (Å²) in [4.78, 5) is 0. The van der Waals surface area contributed by atoms with Gasteiger partial charge in [0.1, 0.15) is 0 Å². The maximum Gasteiger partial charge on any atom is 0.0504 e. The van der Waals surface area contributed by atoms with Gasteiger partial charge in [-0.15, -0.1) is 0 Å². The van der Waals surface area contributed by atoms with Gasteiger partial charge in [0, 0.05) is 11.0 Å². The van der Waals surface area contributed by atoms with Crippen LogP contribution in [0, 0.1) is 11.8 Å². The van der Waals surface area contributed by atoms with Crippen LogP contribution in [0.25, 0.3) is 0 Å². The molecule has 1 saturated heterocycles. The lowest BCUT2D eigenvalue weighted by molar-refractivity contribution is 0.0332. The molecule has 1 fully saturated rings. The zero-order valence-electron chi connectivity index (χ0n) is 5.77. The molecule has 0 amide bonds. The number of rotatable bonds is 1. The van der Waals surface area contributed by atoms with Crippen LogP contribution in [0.4, 0.5) is 0 Å². The molecule has 9 heavy (non-hydrogen) atoms. The highest BCUT2D eigenvalue weighted by Crippen LogP contribution is 2.22. The number of alkyl halides is 1. The molecule has 0 saturated carbocycles. The van der Waals surface area contributed by atoms with Crippen molar-refractivity contribution in [2.24, 2.45) is 11.8 Å². The van der Waals surface area contributed by atoms with E-state index in [9.17, 15) is 0 Å². The first-order valence-corrected chi connectivity index (χ1v) is 5.01. The fraction of sp³-hybridized carbons (Fsp3) is 1.00. The fourth-order valence-electron chi connectivity index (χ4n) is 1.10. The number of halogens is 1. The van der Waals surface area contributed by atoms with Crippen molar-refractivity contribution in [3.8, 4) is 0 Å². The molecule has 1 rings (SSSR count). The van der Waals surface area contributed by atoms with E-state index in [0.717, 1.165) is 25.0 Å². The summed E-state index contributed by atoms with van der Waals surface area (Å²) >= 11 is 2.44. The van der Waals surface area contributed by atoms with E-state index in [1.165, 1.54) is 10.8 Å². The molecule has 0 aromatic rings. The lowest BCUT2D eigenvalue weighted by Gasteiger charge is -2.26. The second-order valence-corrected chi connectivity index (χ2v) is 3.64. The first-order chi connectivity index (χ1) is 4.34. The van der Waals surface area contributed by atoms with Gasteiger partial charge >= 0.3 is 0 Å². The highest BCUT2D eigenvalue weighted by molar-refractivity contribution is 14.1. The summed E-state index contributed by atoms with van der Waals surface area (Å²) in [5.74, 6) is 1.70. The lowest BCUT2D eigenvalue weighted by atomic mass is 9.92. The van der Waals surface area contributed by atoms with Crippen molar-refractivity contribution in [3.05, 3.63) is 0 Å². The van der Waals surface area contributed by atoms with Crippen molar-refractivity contribution >= 4 is 22.6 Å². The Labute approximate surface area is 70.3 Å². The molecule has 0 aliphatic carbocycles. The Hall–Kier alpha value is 0.690. The molecule has 0 radical (unpaired) electrons. The van der Waals surface area contributed by atoms with Gasteiger partial charge in [-0.1, -0.05) is 29.5 Å². The maximum absolute atomic E-state index is 5.34. The van der Waals surface area contributed by atoms with Crippen molar-refractivity contribution in [1.82, 2.24) is 0 Å². The molecule has 54 valence electrons. The van der Waals surface area contributed by atoms with Crippen LogP contribution in [0.15, 0.2) is 0 Å². The number of hydrogen-bond donors (Lipinski definition) is 0. The molecule has 0 bridgehead atoms. The van der Waals surface area contributed by atoms with E-state index in [-0.39, 0.29) is 0 Å². The van der Waals surface area contributed by atoms with Crippen LogP contribution in [0.3, 0.4) is 0 Å². The second-order valence-electron chi connectivity index (χ2n) is 2.76. The summed E-state index contributed by atoms with van der Waals surface area (Å²) in [6.07, 6.45) is 1.26. The third-order valence-electron chi connectivity index (χ3n) is 2.05. The predicted molar refractivity (Wildman–Crippen MR) is 47.0 cm³/mol. The van der Waals surface area contributed by atoms with Crippen molar-refractivity contribution in [3.63, 3.8) is 0 Å². The minimum Gasteiger partial charge on any atom is -0.381 e. The van der Waals surface area contributed by atoms with Gasteiger partial charge in [0.2, 0.25) is 0 Å². The standard InChI is InChI=1S/C7H13IO/c1-6-2-3-9-5-7(6)4-8/h6-7H,2-5H2,1H3/t6?,7-/m0/s1. The highest BCUT2D eigenvalue weighted by Gasteiger charge is 2.19. The van der Waals surface area contributed by atoms with E-state index in [2.05, 4.69) is 29.5 Å². The van der Waals surface area contributed by atoms with Crippen molar-refractivity contribution < 1.29 is 4.74 Å². The molecule has 1 heterocycles. The second kappa shape index (κ2) is 3.76. The van der Waals surface area contributed by atoms with Crippen molar-refractivity contribution in [1.29, 1.82) is 0 Å². The maximum atomic E-state index is 5.34. The molecule has 1 aliphatic rings. The van der Waals surface area contributed by atoms with Crippen molar-refractivity contribution in [2.45, 2.75) is 13.3 Å². The van der Waals surface area contributed by atoms with E-state index in [4.69, 9.17) is 4.74 Å². The van der Waals surface area contributed by atoms with Gasteiger partial charge in [0.05, 0.1) is 6.61 Å². The van der Waals surface area contributed by atoms with Crippen LogP contribution in [0.2, 0.25) is 0 Å². The molecular weight excluding hydrogens is 227 g/mol. The smallest absolute Gasteiger partial charge is 0.0504 e. The minimum atomic E-state index is 0.819. The Morgan fingerprint density at radius 1 is 1.67 bits per heavy atom. The quantitative estimate of drug-likeness (QED) is 0.503. The summed E-state index contributed by atoms with van der Waals surface area (Å²) in [6.45, 7) is 4.30. The zero-order chi connectivity index (χ0) is 6.69. The molecule has 0 aromatic heterocycles. The van der Waals surface area contributed by atoms with E-state index in [0.29, 0.717) is 0 Å². The molecule has 2 atom stereocenters. The fourth-order valence-corrected chi connectivity index (χ4v) is 2.22. The molecule has 0 aromatic carbocycles. The van der Waals surface area contributed by atoms with E-state index in [1.54, 1.807) is 0 Å². The van der Waals surface area contributed by atoms with Gasteiger partial charge < -0.3 is 4.74 Å². The topological polar surface area (TPSA) is 9.23 Å². The zero-order valence-corrected chi connectivity index (χ0v) is 7.93. The molecule has 1 nitrogen and oxygen atoms in total. The molecule has 0 N–H and O–H groups in total. The largest absolute Gasteiger partial charge is 0.381 e. The highest BCUT2D eigenvalue weighted by atomic mass is 127. The van der Waals surface area contributed by atoms with Crippen molar-refractivity contribution in [2.75, 3.05) is 17.6 Å². The Balaban J connectivity index is 2.30. The first kappa shape index (κ1) is 7.79. The van der Waals surface area contributed by atoms with E-state index >= 15 is 0 Å². The molecule has 0 spiro atoms. The Kier molecular flexibility index (Phi) is 3.26. The van der Waals surface area contributed by atoms with Crippen LogP contribution in [0.5, 0.6) is 0 Å². The molecule has 2 heteroatoms. The third-order valence-corrected chi connectivity index (χ3v) is 3.18. The Morgan fingerprint density at radius 2 is 2.44 bits per heavy atom. The van der Waals surface area contributed by atoms with Gasteiger partial charge in [-0.05, 0) is 18.3 Å². The summed E-state index contributed by atoms with van der Waals surface area (Å²) in [7, 11) is 0. The summed E-state index contributed by atoms with van der Waals surface area (Å²) < 4.78 is 6.59. The van der Waals surface area contributed by atoms with E-state index in [1.807, 2.05) is 0 Å². The summed E-state index contributed by atoms with van der Waals surface area (Å²) in [5, 5.41) is 0. The summed E-state index contributed by atoms with van der Waals surface area (Å²) in [5.41, 5.74) is 0. The number of ether oxygens (including phenoxy) is 1. The van der Waals surface area contributed by atoms with Crippen LogP contribution in [0.1, 0.15) is 13.3 Å². The SMILES string of the molecule is CC1CCOC[C@@H]1CI. The summed E-state index contributed by atoms with van der Waals surface area (Å²) in [6, 6.07) is 0. The van der Waals surface area contributed by atoms with Crippen LogP contribution >= 0.6 is 22.6 Å². The van der Waals surface area contributed by atoms with Crippen LogP contribution in [-0.2, 0) is 4.74 Å². The van der Waals surface area contributed by atoms with Gasteiger partial charge in [0.15, 0.2) is 0 Å². The Bertz CT molecular complexity index is 85.0. The normalized spacial score (nSPS) is 36.7. The number of hydrogen-bond acceptors (Lipinski definition) is 1. The predicted octanol–water partition coefficient (Wildman–Crippen LogP) is 2.09. The molecule has 1 unspecified atom stereocenters. The first-order valence-electron chi connectivity index (χ1n) is 3.48. The molecule has 1 aliphatic heterocycles.